The third-order valence-corrected chi connectivity index (χ3v) is 5.48. The van der Waals surface area contributed by atoms with Crippen LogP contribution in [0.15, 0.2) is 35.9 Å². The largest absolute Gasteiger partial charge is 0.416 e. The first-order chi connectivity index (χ1) is 13.7. The van der Waals surface area contributed by atoms with Crippen LogP contribution < -0.4 is 0 Å². The molecule has 0 aliphatic heterocycles. The van der Waals surface area contributed by atoms with E-state index in [2.05, 4.69) is 0 Å². The molecular weight excluding hydrogens is 402 g/mol. The fraction of sp³-hybridized carbons (Fsp3) is 0.417. The molecule has 0 spiro atoms. The highest BCUT2D eigenvalue weighted by atomic mass is 19.4. The topological polar surface area (TPSA) is 0 Å². The molecule has 0 aromatic heterocycles. The Balaban J connectivity index is 2.33. The summed E-state index contributed by atoms with van der Waals surface area (Å²) in [5.74, 6) is 0. The van der Waals surface area contributed by atoms with E-state index in [1.54, 1.807) is 0 Å². The van der Waals surface area contributed by atoms with E-state index in [0.29, 0.717) is 18.4 Å². The average molecular weight is 426 g/mol. The van der Waals surface area contributed by atoms with Crippen LogP contribution in [0, 0.1) is 5.41 Å². The van der Waals surface area contributed by atoms with Gasteiger partial charge in [-0.1, -0.05) is 57.9 Å². The van der Waals surface area contributed by atoms with Crippen LogP contribution in [0.2, 0.25) is 0 Å². The number of alkyl halides is 6. The second kappa shape index (κ2) is 7.47. The Labute approximate surface area is 172 Å². The second-order valence-corrected chi connectivity index (χ2v) is 8.81. The Morgan fingerprint density at radius 1 is 0.833 bits per heavy atom. The van der Waals surface area contributed by atoms with E-state index in [-0.39, 0.29) is 17.0 Å². The number of fused-ring (bicyclic) bond motifs is 1. The number of hydrogen-bond donors (Lipinski definition) is 0. The zero-order chi connectivity index (χ0) is 22.5. The third-order valence-electron chi connectivity index (χ3n) is 5.48. The minimum absolute atomic E-state index is 0.0381. The molecular formula is C24H24F6. The number of rotatable bonds is 3. The molecule has 0 nitrogen and oxygen atoms in total. The highest BCUT2D eigenvalue weighted by Crippen LogP contribution is 2.45. The summed E-state index contributed by atoms with van der Waals surface area (Å²) in [5, 5.41) is 0. The van der Waals surface area contributed by atoms with E-state index in [0.717, 1.165) is 40.8 Å². The summed E-state index contributed by atoms with van der Waals surface area (Å²) in [7, 11) is 0. The molecule has 3 rings (SSSR count). The van der Waals surface area contributed by atoms with Crippen molar-refractivity contribution >= 4 is 6.08 Å². The van der Waals surface area contributed by atoms with Crippen molar-refractivity contribution in [2.75, 3.05) is 0 Å². The molecule has 30 heavy (non-hydrogen) atoms. The van der Waals surface area contributed by atoms with E-state index in [1.807, 2.05) is 45.9 Å². The summed E-state index contributed by atoms with van der Waals surface area (Å²) in [5.41, 5.74) is 1.25. The molecule has 1 aliphatic carbocycles. The van der Waals surface area contributed by atoms with Crippen LogP contribution in [0.25, 0.3) is 17.2 Å². The maximum Gasteiger partial charge on any atom is 0.416 e. The van der Waals surface area contributed by atoms with Crippen LogP contribution in [-0.2, 0) is 25.2 Å². The van der Waals surface area contributed by atoms with Gasteiger partial charge in [-0.3, -0.25) is 0 Å². The second-order valence-electron chi connectivity index (χ2n) is 8.81. The van der Waals surface area contributed by atoms with E-state index in [4.69, 9.17) is 0 Å². The Morgan fingerprint density at radius 3 is 1.87 bits per heavy atom. The first-order valence-corrected chi connectivity index (χ1v) is 9.87. The monoisotopic (exact) mass is 426 g/mol. The number of benzene rings is 2. The van der Waals surface area contributed by atoms with Crippen molar-refractivity contribution in [1.82, 2.24) is 0 Å². The molecule has 0 radical (unpaired) electrons. The number of halogens is 6. The highest BCUT2D eigenvalue weighted by molar-refractivity contribution is 5.84. The molecule has 2 aromatic carbocycles. The van der Waals surface area contributed by atoms with Gasteiger partial charge in [0.15, 0.2) is 0 Å². The third kappa shape index (κ3) is 4.42. The average Bonchev–Trinajstić information content (AvgIpc) is 3.04. The van der Waals surface area contributed by atoms with Crippen molar-refractivity contribution in [2.24, 2.45) is 5.41 Å². The molecule has 162 valence electrons. The highest BCUT2D eigenvalue weighted by Gasteiger charge is 2.37. The summed E-state index contributed by atoms with van der Waals surface area (Å²) in [4.78, 5) is 0. The van der Waals surface area contributed by atoms with Gasteiger partial charge in [-0.25, -0.2) is 0 Å². The molecule has 0 bridgehead atoms. The molecule has 0 unspecified atom stereocenters. The minimum atomic E-state index is -4.87. The SMILES string of the molecule is CCCc1ccc2c(c1-c1cc(C(F)(F)F)cc(C(F)(F)F)c1)C=C(C(C)(C)C)C2. The van der Waals surface area contributed by atoms with Gasteiger partial charge < -0.3 is 0 Å². The lowest BCUT2D eigenvalue weighted by Gasteiger charge is -2.19. The number of aryl methyl sites for hydroxylation is 1. The zero-order valence-corrected chi connectivity index (χ0v) is 17.4. The van der Waals surface area contributed by atoms with E-state index < -0.39 is 23.5 Å². The van der Waals surface area contributed by atoms with Gasteiger partial charge in [0, 0.05) is 0 Å². The van der Waals surface area contributed by atoms with Crippen LogP contribution in [0.5, 0.6) is 0 Å². The van der Waals surface area contributed by atoms with Gasteiger partial charge in [0.25, 0.3) is 0 Å². The van der Waals surface area contributed by atoms with Gasteiger partial charge in [0.05, 0.1) is 11.1 Å². The Bertz CT molecular complexity index is 952. The van der Waals surface area contributed by atoms with Gasteiger partial charge in [0.2, 0.25) is 0 Å². The normalized spacial score (nSPS) is 14.7. The summed E-state index contributed by atoms with van der Waals surface area (Å²) in [6, 6.07) is 5.64. The van der Waals surface area contributed by atoms with Crippen molar-refractivity contribution in [3.8, 4) is 11.1 Å². The fourth-order valence-electron chi connectivity index (χ4n) is 3.86. The van der Waals surface area contributed by atoms with Crippen LogP contribution in [0.4, 0.5) is 26.3 Å². The standard InChI is InChI=1S/C24H24F6/c1-5-6-14-7-8-15-9-17(22(2,3)4)13-20(15)21(14)16-10-18(23(25,26)27)12-19(11-16)24(28,29)30/h7-8,10-13H,5-6,9H2,1-4H3. The molecule has 0 amide bonds. The van der Waals surface area contributed by atoms with Gasteiger partial charge in [-0.05, 0) is 64.3 Å². The molecule has 2 aromatic rings. The quantitative estimate of drug-likeness (QED) is 0.433. The summed E-state index contributed by atoms with van der Waals surface area (Å²) in [6.07, 6.45) is -5.86. The first-order valence-electron chi connectivity index (χ1n) is 9.87. The smallest absolute Gasteiger partial charge is 0.166 e. The zero-order valence-electron chi connectivity index (χ0n) is 17.4. The number of allylic oxidation sites excluding steroid dienone is 1. The molecule has 0 saturated carbocycles. The molecule has 1 aliphatic rings. The lowest BCUT2D eigenvalue weighted by molar-refractivity contribution is -0.143. The summed E-state index contributed by atoms with van der Waals surface area (Å²) >= 11 is 0. The van der Waals surface area contributed by atoms with Crippen LogP contribution in [0.3, 0.4) is 0 Å². The predicted molar refractivity (Wildman–Crippen MR) is 107 cm³/mol. The van der Waals surface area contributed by atoms with Gasteiger partial charge in [-0.15, -0.1) is 0 Å². The van der Waals surface area contributed by atoms with Gasteiger partial charge >= 0.3 is 12.4 Å². The Kier molecular flexibility index (Phi) is 5.59. The van der Waals surface area contributed by atoms with E-state index >= 15 is 0 Å². The maximum absolute atomic E-state index is 13.4. The molecule has 0 saturated heterocycles. The Morgan fingerprint density at radius 2 is 1.40 bits per heavy atom. The van der Waals surface area contributed by atoms with Crippen LogP contribution in [0.1, 0.15) is 61.9 Å². The summed E-state index contributed by atoms with van der Waals surface area (Å²) in [6.45, 7) is 8.07. The Hall–Kier alpha value is -2.24. The van der Waals surface area contributed by atoms with Crippen molar-refractivity contribution in [3.63, 3.8) is 0 Å². The van der Waals surface area contributed by atoms with E-state index in [9.17, 15) is 26.3 Å². The van der Waals surface area contributed by atoms with Crippen molar-refractivity contribution in [2.45, 2.75) is 59.3 Å². The maximum atomic E-state index is 13.4. The van der Waals surface area contributed by atoms with Gasteiger partial charge in [0.1, 0.15) is 0 Å². The minimum Gasteiger partial charge on any atom is -0.166 e. The van der Waals surface area contributed by atoms with Crippen LogP contribution in [-0.4, -0.2) is 0 Å². The van der Waals surface area contributed by atoms with E-state index in [1.165, 1.54) is 0 Å². The van der Waals surface area contributed by atoms with Crippen molar-refractivity contribution in [3.05, 3.63) is 63.7 Å². The lowest BCUT2D eigenvalue weighted by atomic mass is 9.85. The first kappa shape index (κ1) is 22.4. The molecule has 0 atom stereocenters. The van der Waals surface area contributed by atoms with Crippen molar-refractivity contribution < 1.29 is 26.3 Å². The molecule has 0 heterocycles. The summed E-state index contributed by atoms with van der Waals surface area (Å²) < 4.78 is 80.5. The lowest BCUT2D eigenvalue weighted by Crippen LogP contribution is -2.11. The molecule has 6 heteroatoms. The molecule has 0 fully saturated rings. The molecule has 0 N–H and O–H groups in total. The predicted octanol–water partition coefficient (Wildman–Crippen LogP) is 8.33. The van der Waals surface area contributed by atoms with Gasteiger partial charge in [-0.2, -0.15) is 26.3 Å². The van der Waals surface area contributed by atoms with Crippen molar-refractivity contribution in [1.29, 1.82) is 0 Å². The van der Waals surface area contributed by atoms with Crippen LogP contribution >= 0.6 is 0 Å². The fourth-order valence-corrected chi connectivity index (χ4v) is 3.86. The number of hydrogen-bond acceptors (Lipinski definition) is 0.